The van der Waals surface area contributed by atoms with E-state index >= 15 is 0 Å². The predicted molar refractivity (Wildman–Crippen MR) is 56.9 cm³/mol. The summed E-state index contributed by atoms with van der Waals surface area (Å²) in [5, 5.41) is 5.33. The molecule has 1 rings (SSSR count). The monoisotopic (exact) mass is 297 g/mol. The summed E-state index contributed by atoms with van der Waals surface area (Å²) in [7, 11) is 0. The molecule has 0 N–H and O–H groups in total. The molecule has 1 nitrogen and oxygen atoms in total. The number of halogens is 2. The van der Waals surface area contributed by atoms with E-state index in [1.165, 1.54) is 5.01 Å². The highest BCUT2D eigenvalue weighted by Crippen LogP contribution is 2.15. The summed E-state index contributed by atoms with van der Waals surface area (Å²) >= 11 is 8.67. The zero-order chi connectivity index (χ0) is 8.10. The summed E-state index contributed by atoms with van der Waals surface area (Å²) in [5.41, 5.74) is 0. The van der Waals surface area contributed by atoms with Crippen molar-refractivity contribution in [1.82, 2.24) is 4.98 Å². The van der Waals surface area contributed by atoms with E-state index < -0.39 is 0 Å². The lowest BCUT2D eigenvalue weighted by Crippen LogP contribution is -2.06. The minimum atomic E-state index is 0.668. The van der Waals surface area contributed by atoms with Gasteiger partial charge in [-0.1, -0.05) is 31.9 Å². The highest BCUT2D eigenvalue weighted by Gasteiger charge is 2.07. The van der Waals surface area contributed by atoms with Crippen molar-refractivity contribution >= 4 is 43.2 Å². The Morgan fingerprint density at radius 3 is 2.64 bits per heavy atom. The molecule has 0 bridgehead atoms. The van der Waals surface area contributed by atoms with Gasteiger partial charge >= 0.3 is 0 Å². The van der Waals surface area contributed by atoms with Crippen LogP contribution in [0.25, 0.3) is 0 Å². The predicted octanol–water partition coefficient (Wildman–Crippen LogP) is 3.09. The molecule has 0 aliphatic rings. The lowest BCUT2D eigenvalue weighted by atomic mass is 10.1. The average Bonchev–Trinajstić information content (AvgIpc) is 2.52. The van der Waals surface area contributed by atoms with Crippen LogP contribution in [0, 0.1) is 5.92 Å². The molecule has 0 aromatic carbocycles. The van der Waals surface area contributed by atoms with E-state index in [9.17, 15) is 0 Å². The maximum absolute atomic E-state index is 4.23. The summed E-state index contributed by atoms with van der Waals surface area (Å²) in [5.74, 6) is 0.668. The number of rotatable bonds is 4. The molecule has 0 amide bonds. The second-order valence-electron chi connectivity index (χ2n) is 2.30. The van der Waals surface area contributed by atoms with Gasteiger partial charge in [0.2, 0.25) is 0 Å². The lowest BCUT2D eigenvalue weighted by molar-refractivity contribution is 0.676. The number of hydrogen-bond donors (Lipinski definition) is 0. The molecule has 62 valence electrons. The van der Waals surface area contributed by atoms with Gasteiger partial charge in [-0.05, 0) is 5.92 Å². The Kier molecular flexibility index (Phi) is 4.64. The van der Waals surface area contributed by atoms with E-state index in [1.807, 2.05) is 11.6 Å². The molecule has 11 heavy (non-hydrogen) atoms. The molecule has 0 saturated carbocycles. The zero-order valence-corrected chi connectivity index (χ0v) is 9.95. The Morgan fingerprint density at radius 1 is 1.45 bits per heavy atom. The van der Waals surface area contributed by atoms with Crippen LogP contribution in [0.4, 0.5) is 0 Å². The van der Waals surface area contributed by atoms with Crippen molar-refractivity contribution in [2.24, 2.45) is 5.92 Å². The molecule has 0 radical (unpaired) electrons. The van der Waals surface area contributed by atoms with E-state index in [1.54, 1.807) is 11.3 Å². The third kappa shape index (κ3) is 3.22. The van der Waals surface area contributed by atoms with Gasteiger partial charge < -0.3 is 0 Å². The highest BCUT2D eigenvalue weighted by atomic mass is 79.9. The molecule has 0 saturated heterocycles. The van der Waals surface area contributed by atoms with E-state index in [-0.39, 0.29) is 0 Å². The third-order valence-electron chi connectivity index (χ3n) is 1.38. The highest BCUT2D eigenvalue weighted by molar-refractivity contribution is 9.09. The van der Waals surface area contributed by atoms with Crippen molar-refractivity contribution in [3.8, 4) is 0 Å². The van der Waals surface area contributed by atoms with Crippen LogP contribution in [0.1, 0.15) is 5.01 Å². The van der Waals surface area contributed by atoms with Gasteiger partial charge in [-0.3, -0.25) is 0 Å². The Balaban J connectivity index is 2.41. The van der Waals surface area contributed by atoms with Crippen molar-refractivity contribution in [1.29, 1.82) is 0 Å². The summed E-state index contributed by atoms with van der Waals surface area (Å²) in [6, 6.07) is 0. The SMILES string of the molecule is BrCC(CBr)Cc1nccs1. The van der Waals surface area contributed by atoms with Crippen LogP contribution in [-0.2, 0) is 6.42 Å². The zero-order valence-electron chi connectivity index (χ0n) is 5.96. The minimum absolute atomic E-state index is 0.668. The first-order valence-electron chi connectivity index (χ1n) is 3.37. The molecule has 1 heterocycles. The van der Waals surface area contributed by atoms with Crippen LogP contribution >= 0.6 is 43.2 Å². The van der Waals surface area contributed by atoms with Gasteiger partial charge in [0.1, 0.15) is 0 Å². The standard InChI is InChI=1S/C7H9Br2NS/c8-4-6(5-9)3-7-10-1-2-11-7/h1-2,6H,3-5H2. The molecule has 0 aliphatic carbocycles. The van der Waals surface area contributed by atoms with Gasteiger partial charge in [0.25, 0.3) is 0 Å². The van der Waals surface area contributed by atoms with E-state index in [0.717, 1.165) is 17.1 Å². The smallest absolute Gasteiger partial charge is 0.0928 e. The molecule has 0 aliphatic heterocycles. The lowest BCUT2D eigenvalue weighted by Gasteiger charge is -2.06. The van der Waals surface area contributed by atoms with Gasteiger partial charge in [-0.25, -0.2) is 4.98 Å². The summed E-state index contributed by atoms with van der Waals surface area (Å²) < 4.78 is 0. The Morgan fingerprint density at radius 2 is 2.18 bits per heavy atom. The first kappa shape index (κ1) is 9.68. The van der Waals surface area contributed by atoms with Crippen molar-refractivity contribution in [2.45, 2.75) is 6.42 Å². The largest absolute Gasteiger partial charge is 0.250 e. The molecule has 0 spiro atoms. The van der Waals surface area contributed by atoms with Crippen molar-refractivity contribution in [2.75, 3.05) is 10.7 Å². The van der Waals surface area contributed by atoms with Gasteiger partial charge in [-0.15, -0.1) is 11.3 Å². The number of nitrogens with zero attached hydrogens (tertiary/aromatic N) is 1. The van der Waals surface area contributed by atoms with Crippen LogP contribution < -0.4 is 0 Å². The van der Waals surface area contributed by atoms with Crippen molar-refractivity contribution < 1.29 is 0 Å². The fourth-order valence-electron chi connectivity index (χ4n) is 0.751. The van der Waals surface area contributed by atoms with Crippen LogP contribution in [-0.4, -0.2) is 15.6 Å². The van der Waals surface area contributed by atoms with Crippen LogP contribution in [0.5, 0.6) is 0 Å². The first-order chi connectivity index (χ1) is 5.36. The average molecular weight is 299 g/mol. The third-order valence-corrected chi connectivity index (χ3v) is 4.02. The fraction of sp³-hybridized carbons (Fsp3) is 0.571. The maximum Gasteiger partial charge on any atom is 0.0928 e. The number of thiazole rings is 1. The molecule has 0 unspecified atom stereocenters. The molecule has 1 aromatic heterocycles. The van der Waals surface area contributed by atoms with Gasteiger partial charge in [0.15, 0.2) is 0 Å². The van der Waals surface area contributed by atoms with Crippen LogP contribution in [0.15, 0.2) is 11.6 Å². The van der Waals surface area contributed by atoms with E-state index in [2.05, 4.69) is 36.8 Å². The first-order valence-corrected chi connectivity index (χ1v) is 6.49. The molecule has 0 fully saturated rings. The molecule has 1 aromatic rings. The topological polar surface area (TPSA) is 12.9 Å². The number of alkyl halides is 2. The molecular weight excluding hydrogens is 290 g/mol. The molecule has 0 atom stereocenters. The van der Waals surface area contributed by atoms with E-state index in [0.29, 0.717) is 5.92 Å². The fourth-order valence-corrected chi connectivity index (χ4v) is 3.01. The van der Waals surface area contributed by atoms with Crippen LogP contribution in [0.2, 0.25) is 0 Å². The Bertz CT molecular complexity index is 184. The normalized spacial score (nSPS) is 10.8. The number of hydrogen-bond acceptors (Lipinski definition) is 2. The van der Waals surface area contributed by atoms with Crippen molar-refractivity contribution in [3.05, 3.63) is 16.6 Å². The van der Waals surface area contributed by atoms with Gasteiger partial charge in [0.05, 0.1) is 5.01 Å². The van der Waals surface area contributed by atoms with Gasteiger partial charge in [0, 0.05) is 28.7 Å². The molecular formula is C7H9Br2NS. The number of aromatic nitrogens is 1. The Labute approximate surface area is 87.5 Å². The van der Waals surface area contributed by atoms with E-state index in [4.69, 9.17) is 0 Å². The minimum Gasteiger partial charge on any atom is -0.250 e. The Hall–Kier alpha value is 0.590. The summed E-state index contributed by atoms with van der Waals surface area (Å²) in [4.78, 5) is 4.23. The maximum atomic E-state index is 4.23. The quantitative estimate of drug-likeness (QED) is 0.779. The second kappa shape index (κ2) is 5.27. The summed E-state index contributed by atoms with van der Waals surface area (Å²) in [6.45, 7) is 0. The summed E-state index contributed by atoms with van der Waals surface area (Å²) in [6.07, 6.45) is 2.94. The molecule has 4 heteroatoms. The van der Waals surface area contributed by atoms with Crippen molar-refractivity contribution in [3.63, 3.8) is 0 Å². The van der Waals surface area contributed by atoms with Gasteiger partial charge in [-0.2, -0.15) is 0 Å². The van der Waals surface area contributed by atoms with Crippen LogP contribution in [0.3, 0.4) is 0 Å². The second-order valence-corrected chi connectivity index (χ2v) is 4.58.